The molecule has 0 aliphatic carbocycles. The number of hydrogen-bond donors (Lipinski definition) is 1. The van der Waals surface area contributed by atoms with Crippen LogP contribution in [0, 0.1) is 0 Å². The molecular formula is C17H23F3N2O5. The molecule has 1 amide bonds. The van der Waals surface area contributed by atoms with Crippen LogP contribution in [0.2, 0.25) is 0 Å². The Morgan fingerprint density at radius 1 is 1.19 bits per heavy atom. The molecule has 0 aliphatic heterocycles. The van der Waals surface area contributed by atoms with Gasteiger partial charge in [-0.1, -0.05) is 18.2 Å². The van der Waals surface area contributed by atoms with Gasteiger partial charge in [-0.15, -0.1) is 13.2 Å². The maximum absolute atomic E-state index is 12.4. The molecule has 0 bridgehead atoms. The summed E-state index contributed by atoms with van der Waals surface area (Å²) in [6.45, 7) is 2.13. The summed E-state index contributed by atoms with van der Waals surface area (Å²) in [5.41, 5.74) is 0.178. The summed E-state index contributed by atoms with van der Waals surface area (Å²) < 4.78 is 51.0. The molecule has 0 radical (unpaired) electrons. The van der Waals surface area contributed by atoms with E-state index in [4.69, 9.17) is 9.47 Å². The van der Waals surface area contributed by atoms with Gasteiger partial charge in [0.15, 0.2) is 0 Å². The van der Waals surface area contributed by atoms with Crippen LogP contribution >= 0.6 is 0 Å². The number of nitrogens with zero attached hydrogens (tertiary/aromatic N) is 1. The minimum absolute atomic E-state index is 0.0988. The SMILES string of the molecule is CCOC(=O)CN(CCOC)CC(=O)NCc1ccccc1OC(F)(F)F. The van der Waals surface area contributed by atoms with Crippen LogP contribution in [0.3, 0.4) is 0 Å². The lowest BCUT2D eigenvalue weighted by atomic mass is 10.2. The van der Waals surface area contributed by atoms with Crippen molar-refractivity contribution in [3.8, 4) is 5.75 Å². The minimum Gasteiger partial charge on any atom is -0.465 e. The molecule has 0 unspecified atom stereocenters. The van der Waals surface area contributed by atoms with Crippen molar-refractivity contribution in [3.63, 3.8) is 0 Å². The van der Waals surface area contributed by atoms with Gasteiger partial charge in [-0.25, -0.2) is 0 Å². The van der Waals surface area contributed by atoms with Crippen molar-refractivity contribution in [1.82, 2.24) is 10.2 Å². The van der Waals surface area contributed by atoms with Gasteiger partial charge in [-0.2, -0.15) is 0 Å². The van der Waals surface area contributed by atoms with E-state index in [1.54, 1.807) is 6.92 Å². The van der Waals surface area contributed by atoms with Gasteiger partial charge in [0.1, 0.15) is 5.75 Å². The maximum atomic E-state index is 12.4. The number of esters is 1. The molecule has 1 N–H and O–H groups in total. The van der Waals surface area contributed by atoms with Crippen LogP contribution < -0.4 is 10.1 Å². The molecule has 0 fully saturated rings. The molecule has 7 nitrogen and oxygen atoms in total. The first-order chi connectivity index (χ1) is 12.7. The van der Waals surface area contributed by atoms with Crippen molar-refractivity contribution in [1.29, 1.82) is 0 Å². The first-order valence-electron chi connectivity index (χ1n) is 8.22. The van der Waals surface area contributed by atoms with E-state index in [9.17, 15) is 22.8 Å². The summed E-state index contributed by atoms with van der Waals surface area (Å²) in [5.74, 6) is -1.32. The summed E-state index contributed by atoms with van der Waals surface area (Å²) in [5, 5.41) is 2.52. The summed E-state index contributed by atoms with van der Waals surface area (Å²) >= 11 is 0. The lowest BCUT2D eigenvalue weighted by Crippen LogP contribution is -2.41. The Kier molecular flexibility index (Phi) is 9.59. The highest BCUT2D eigenvalue weighted by atomic mass is 19.4. The molecule has 1 rings (SSSR count). The summed E-state index contributed by atoms with van der Waals surface area (Å²) in [7, 11) is 1.49. The zero-order valence-corrected chi connectivity index (χ0v) is 15.2. The van der Waals surface area contributed by atoms with E-state index in [-0.39, 0.29) is 37.6 Å². The van der Waals surface area contributed by atoms with Crippen LogP contribution in [0.15, 0.2) is 24.3 Å². The lowest BCUT2D eigenvalue weighted by Gasteiger charge is -2.20. The molecule has 1 aromatic rings. The second-order valence-corrected chi connectivity index (χ2v) is 5.44. The van der Waals surface area contributed by atoms with Gasteiger partial charge in [-0.3, -0.25) is 14.5 Å². The van der Waals surface area contributed by atoms with Gasteiger partial charge in [0.25, 0.3) is 0 Å². The summed E-state index contributed by atoms with van der Waals surface area (Å²) in [6, 6.07) is 5.53. The van der Waals surface area contributed by atoms with Crippen LogP contribution in [0.25, 0.3) is 0 Å². The van der Waals surface area contributed by atoms with Gasteiger partial charge in [-0.05, 0) is 13.0 Å². The van der Waals surface area contributed by atoms with Crippen LogP contribution in [0.5, 0.6) is 5.75 Å². The zero-order chi connectivity index (χ0) is 20.3. The average molecular weight is 392 g/mol. The Morgan fingerprint density at radius 3 is 2.52 bits per heavy atom. The van der Waals surface area contributed by atoms with E-state index in [0.29, 0.717) is 13.2 Å². The van der Waals surface area contributed by atoms with Crippen LogP contribution in [-0.4, -0.2) is 63.1 Å². The molecule has 1 aromatic carbocycles. The number of nitrogens with one attached hydrogen (secondary N) is 1. The lowest BCUT2D eigenvalue weighted by molar-refractivity contribution is -0.274. The number of halogens is 3. The molecular weight excluding hydrogens is 369 g/mol. The van der Waals surface area contributed by atoms with Crippen LogP contribution in [0.4, 0.5) is 13.2 Å². The molecule has 0 aliphatic rings. The molecule has 0 heterocycles. The average Bonchev–Trinajstić information content (AvgIpc) is 2.57. The first-order valence-corrected chi connectivity index (χ1v) is 8.22. The van der Waals surface area contributed by atoms with Crippen LogP contribution in [0.1, 0.15) is 12.5 Å². The van der Waals surface area contributed by atoms with E-state index >= 15 is 0 Å². The van der Waals surface area contributed by atoms with E-state index in [1.165, 1.54) is 36.3 Å². The molecule has 27 heavy (non-hydrogen) atoms. The highest BCUT2D eigenvalue weighted by Crippen LogP contribution is 2.25. The van der Waals surface area contributed by atoms with Gasteiger partial charge in [0.2, 0.25) is 5.91 Å². The van der Waals surface area contributed by atoms with Crippen molar-refractivity contribution in [2.24, 2.45) is 0 Å². The number of hydrogen-bond acceptors (Lipinski definition) is 6. The monoisotopic (exact) mass is 392 g/mol. The van der Waals surface area contributed by atoms with E-state index < -0.39 is 18.2 Å². The van der Waals surface area contributed by atoms with Crippen molar-refractivity contribution in [3.05, 3.63) is 29.8 Å². The van der Waals surface area contributed by atoms with Crippen molar-refractivity contribution in [2.45, 2.75) is 19.8 Å². The minimum atomic E-state index is -4.82. The van der Waals surface area contributed by atoms with Crippen molar-refractivity contribution >= 4 is 11.9 Å². The van der Waals surface area contributed by atoms with Gasteiger partial charge < -0.3 is 19.5 Å². The number of ether oxygens (including phenoxy) is 3. The molecule has 0 spiro atoms. The first kappa shape index (κ1) is 22.7. The second kappa shape index (κ2) is 11.4. The largest absolute Gasteiger partial charge is 0.573 e. The van der Waals surface area contributed by atoms with E-state index in [0.717, 1.165) is 0 Å². The number of amides is 1. The molecule has 0 atom stereocenters. The predicted octanol–water partition coefficient (Wildman–Crippen LogP) is 1.71. The third kappa shape index (κ3) is 9.80. The van der Waals surface area contributed by atoms with E-state index in [2.05, 4.69) is 10.1 Å². The number of para-hydroxylation sites is 1. The van der Waals surface area contributed by atoms with Gasteiger partial charge in [0.05, 0.1) is 26.3 Å². The van der Waals surface area contributed by atoms with Crippen LogP contribution in [-0.2, 0) is 25.6 Å². The molecule has 0 saturated heterocycles. The fourth-order valence-electron chi connectivity index (χ4n) is 2.15. The third-order valence-corrected chi connectivity index (χ3v) is 3.31. The third-order valence-electron chi connectivity index (χ3n) is 3.31. The number of alkyl halides is 3. The molecule has 152 valence electrons. The van der Waals surface area contributed by atoms with Gasteiger partial charge in [0, 0.05) is 25.8 Å². The Morgan fingerprint density at radius 2 is 1.89 bits per heavy atom. The van der Waals surface area contributed by atoms with Crippen molar-refractivity contribution in [2.75, 3.05) is 40.0 Å². The highest BCUT2D eigenvalue weighted by Gasteiger charge is 2.32. The number of rotatable bonds is 11. The van der Waals surface area contributed by atoms with Gasteiger partial charge >= 0.3 is 12.3 Å². The Bertz CT molecular complexity index is 610. The Labute approximate surface area is 155 Å². The second-order valence-electron chi connectivity index (χ2n) is 5.44. The summed E-state index contributed by atoms with van der Waals surface area (Å²) in [4.78, 5) is 25.2. The maximum Gasteiger partial charge on any atom is 0.573 e. The number of carbonyl (C=O) groups excluding carboxylic acids is 2. The quantitative estimate of drug-likeness (QED) is 0.578. The zero-order valence-electron chi connectivity index (χ0n) is 15.2. The van der Waals surface area contributed by atoms with Crippen molar-refractivity contribution < 1.29 is 37.0 Å². The number of carbonyl (C=O) groups is 2. The summed E-state index contributed by atoms with van der Waals surface area (Å²) in [6.07, 6.45) is -4.82. The number of benzene rings is 1. The highest BCUT2D eigenvalue weighted by molar-refractivity contribution is 5.79. The fraction of sp³-hybridized carbons (Fsp3) is 0.529. The predicted molar refractivity (Wildman–Crippen MR) is 89.9 cm³/mol. The normalized spacial score (nSPS) is 11.3. The molecule has 0 aromatic heterocycles. The smallest absolute Gasteiger partial charge is 0.465 e. The standard InChI is InChI=1S/C17H23F3N2O5/c1-3-26-16(24)12-22(8-9-25-2)11-15(23)21-10-13-6-4-5-7-14(13)27-17(18,19)20/h4-7H,3,8-12H2,1-2H3,(H,21,23). The Balaban J connectivity index is 2.62. The fourth-order valence-corrected chi connectivity index (χ4v) is 2.15. The topological polar surface area (TPSA) is 77.1 Å². The number of methoxy groups -OCH3 is 1. The molecule has 0 saturated carbocycles. The Hall–Kier alpha value is -2.33. The van der Waals surface area contributed by atoms with E-state index in [1.807, 2.05) is 0 Å². The molecule has 10 heteroatoms.